The summed E-state index contributed by atoms with van der Waals surface area (Å²) in [7, 11) is 1.87. The van der Waals surface area contributed by atoms with E-state index in [1.807, 2.05) is 16.8 Å². The molecule has 1 aliphatic carbocycles. The number of ether oxygens (including phenoxy) is 1. The van der Waals surface area contributed by atoms with Crippen LogP contribution in [-0.4, -0.2) is 60.5 Å². The molecule has 2 saturated heterocycles. The van der Waals surface area contributed by atoms with Crippen LogP contribution in [0.25, 0.3) is 0 Å². The molecule has 24 heavy (non-hydrogen) atoms. The number of likely N-dealkylation sites (tertiary alicyclic amines) is 1. The maximum Gasteiger partial charge on any atom is 0.227 e. The Morgan fingerprint density at radius 3 is 2.62 bits per heavy atom. The first-order chi connectivity index (χ1) is 11.6. The highest BCUT2D eigenvalue weighted by Crippen LogP contribution is 2.29. The van der Waals surface area contributed by atoms with Crippen molar-refractivity contribution in [2.45, 2.75) is 76.4 Å². The molecule has 2 amide bonds. The van der Waals surface area contributed by atoms with Gasteiger partial charge in [0, 0.05) is 39.2 Å². The third-order valence-electron chi connectivity index (χ3n) is 5.96. The van der Waals surface area contributed by atoms with Crippen LogP contribution in [0.15, 0.2) is 0 Å². The van der Waals surface area contributed by atoms with E-state index in [0.29, 0.717) is 25.1 Å². The van der Waals surface area contributed by atoms with Crippen LogP contribution >= 0.6 is 0 Å². The SMILES string of the molecule is CN(CCC1CCCCO1)C(=O)C1CC(=O)N(C2CCCCC2)C1. The van der Waals surface area contributed by atoms with Crippen LogP contribution < -0.4 is 0 Å². The molecule has 3 rings (SSSR count). The predicted molar refractivity (Wildman–Crippen MR) is 92.5 cm³/mol. The lowest BCUT2D eigenvalue weighted by Gasteiger charge is -2.31. The first kappa shape index (κ1) is 17.7. The van der Waals surface area contributed by atoms with Gasteiger partial charge in [-0.1, -0.05) is 19.3 Å². The zero-order valence-electron chi connectivity index (χ0n) is 15.0. The van der Waals surface area contributed by atoms with Gasteiger partial charge in [-0.3, -0.25) is 9.59 Å². The highest BCUT2D eigenvalue weighted by Gasteiger charge is 2.39. The average Bonchev–Trinajstić information content (AvgIpc) is 3.02. The van der Waals surface area contributed by atoms with Crippen molar-refractivity contribution in [1.29, 1.82) is 0 Å². The van der Waals surface area contributed by atoms with E-state index in [9.17, 15) is 9.59 Å². The Bertz CT molecular complexity index is 442. The van der Waals surface area contributed by atoms with Crippen molar-refractivity contribution in [1.82, 2.24) is 9.80 Å². The molecule has 2 atom stereocenters. The van der Waals surface area contributed by atoms with Crippen LogP contribution in [0.1, 0.15) is 64.2 Å². The fourth-order valence-corrected chi connectivity index (χ4v) is 4.44. The molecule has 3 aliphatic rings. The van der Waals surface area contributed by atoms with Crippen molar-refractivity contribution in [3.8, 4) is 0 Å². The first-order valence-corrected chi connectivity index (χ1v) is 9.81. The van der Waals surface area contributed by atoms with Gasteiger partial charge in [0.2, 0.25) is 11.8 Å². The Kier molecular flexibility index (Phi) is 6.14. The summed E-state index contributed by atoms with van der Waals surface area (Å²) in [5.74, 6) is 0.179. The zero-order chi connectivity index (χ0) is 16.9. The minimum absolute atomic E-state index is 0.137. The van der Waals surface area contributed by atoms with E-state index in [1.165, 1.54) is 25.7 Å². The van der Waals surface area contributed by atoms with E-state index in [0.717, 1.165) is 45.3 Å². The molecule has 5 heteroatoms. The Labute approximate surface area is 145 Å². The Morgan fingerprint density at radius 1 is 1.17 bits per heavy atom. The first-order valence-electron chi connectivity index (χ1n) is 9.81. The summed E-state index contributed by atoms with van der Waals surface area (Å²) < 4.78 is 5.75. The fourth-order valence-electron chi connectivity index (χ4n) is 4.44. The number of carbonyl (C=O) groups is 2. The van der Waals surface area contributed by atoms with Gasteiger partial charge >= 0.3 is 0 Å². The topological polar surface area (TPSA) is 49.9 Å². The highest BCUT2D eigenvalue weighted by molar-refractivity contribution is 5.89. The number of hydrogen-bond donors (Lipinski definition) is 0. The molecule has 5 nitrogen and oxygen atoms in total. The van der Waals surface area contributed by atoms with Crippen molar-refractivity contribution in [3.05, 3.63) is 0 Å². The van der Waals surface area contributed by atoms with Gasteiger partial charge in [0.05, 0.1) is 12.0 Å². The normalized spacial score (nSPS) is 29.0. The van der Waals surface area contributed by atoms with E-state index in [1.54, 1.807) is 0 Å². The number of carbonyl (C=O) groups excluding carboxylic acids is 2. The Balaban J connectivity index is 1.46. The van der Waals surface area contributed by atoms with Crippen LogP contribution in [0.3, 0.4) is 0 Å². The lowest BCUT2D eigenvalue weighted by atomic mass is 9.94. The lowest BCUT2D eigenvalue weighted by molar-refractivity contribution is -0.135. The molecule has 2 unspecified atom stereocenters. The fraction of sp³-hybridized carbons (Fsp3) is 0.895. The number of hydrogen-bond acceptors (Lipinski definition) is 3. The number of amides is 2. The van der Waals surface area contributed by atoms with Crippen molar-refractivity contribution in [2.75, 3.05) is 26.7 Å². The van der Waals surface area contributed by atoms with Crippen LogP contribution in [0.2, 0.25) is 0 Å². The predicted octanol–water partition coefficient (Wildman–Crippen LogP) is 2.59. The second-order valence-electron chi connectivity index (χ2n) is 7.78. The maximum atomic E-state index is 12.7. The minimum Gasteiger partial charge on any atom is -0.378 e. The van der Waals surface area contributed by atoms with Gasteiger partial charge in [-0.15, -0.1) is 0 Å². The summed E-state index contributed by atoms with van der Waals surface area (Å²) in [5.41, 5.74) is 0. The van der Waals surface area contributed by atoms with Crippen LogP contribution in [0.5, 0.6) is 0 Å². The molecule has 3 fully saturated rings. The van der Waals surface area contributed by atoms with Gasteiger partial charge in [0.1, 0.15) is 0 Å². The summed E-state index contributed by atoms with van der Waals surface area (Å²) in [6.07, 6.45) is 11.1. The third-order valence-corrected chi connectivity index (χ3v) is 5.96. The van der Waals surface area contributed by atoms with Gasteiger partial charge in [-0.2, -0.15) is 0 Å². The molecule has 0 N–H and O–H groups in total. The van der Waals surface area contributed by atoms with E-state index in [4.69, 9.17) is 4.74 Å². The molecule has 0 aromatic carbocycles. The van der Waals surface area contributed by atoms with E-state index >= 15 is 0 Å². The molecule has 1 saturated carbocycles. The van der Waals surface area contributed by atoms with Gasteiger partial charge in [0.15, 0.2) is 0 Å². The van der Waals surface area contributed by atoms with Gasteiger partial charge < -0.3 is 14.5 Å². The Morgan fingerprint density at radius 2 is 1.92 bits per heavy atom. The number of rotatable bonds is 5. The largest absolute Gasteiger partial charge is 0.378 e. The average molecular weight is 336 g/mol. The van der Waals surface area contributed by atoms with Crippen LogP contribution in [-0.2, 0) is 14.3 Å². The van der Waals surface area contributed by atoms with Crippen molar-refractivity contribution in [2.24, 2.45) is 5.92 Å². The van der Waals surface area contributed by atoms with E-state index < -0.39 is 0 Å². The van der Waals surface area contributed by atoms with E-state index in [2.05, 4.69) is 0 Å². The molecule has 0 aromatic rings. The van der Waals surface area contributed by atoms with Crippen LogP contribution in [0.4, 0.5) is 0 Å². The summed E-state index contributed by atoms with van der Waals surface area (Å²) >= 11 is 0. The zero-order valence-corrected chi connectivity index (χ0v) is 15.0. The lowest BCUT2D eigenvalue weighted by Crippen LogP contribution is -2.40. The molecule has 2 aliphatic heterocycles. The molecule has 0 bridgehead atoms. The monoisotopic (exact) mass is 336 g/mol. The second-order valence-corrected chi connectivity index (χ2v) is 7.78. The molecular formula is C19H32N2O3. The van der Waals surface area contributed by atoms with Crippen LogP contribution in [0, 0.1) is 5.92 Å². The molecule has 2 heterocycles. The van der Waals surface area contributed by atoms with Gasteiger partial charge in [-0.25, -0.2) is 0 Å². The summed E-state index contributed by atoms with van der Waals surface area (Å²) in [4.78, 5) is 28.9. The third kappa shape index (κ3) is 4.29. The quantitative estimate of drug-likeness (QED) is 0.775. The van der Waals surface area contributed by atoms with E-state index in [-0.39, 0.29) is 17.7 Å². The number of nitrogens with zero attached hydrogens (tertiary/aromatic N) is 2. The summed E-state index contributed by atoms with van der Waals surface area (Å²) in [6.45, 7) is 2.22. The second kappa shape index (κ2) is 8.32. The smallest absolute Gasteiger partial charge is 0.227 e. The van der Waals surface area contributed by atoms with Crippen molar-refractivity contribution < 1.29 is 14.3 Å². The Hall–Kier alpha value is -1.10. The standard InChI is InChI=1S/C19H32N2O3/c1-20(11-10-17-9-5-6-12-24-17)19(23)15-13-18(22)21(14-15)16-7-3-2-4-8-16/h15-17H,2-14H2,1H3. The minimum atomic E-state index is -0.142. The molecule has 0 spiro atoms. The highest BCUT2D eigenvalue weighted by atomic mass is 16.5. The summed E-state index contributed by atoms with van der Waals surface area (Å²) in [6, 6.07) is 0.380. The van der Waals surface area contributed by atoms with Crippen molar-refractivity contribution >= 4 is 11.8 Å². The molecule has 136 valence electrons. The molecule has 0 aromatic heterocycles. The maximum absolute atomic E-state index is 12.7. The summed E-state index contributed by atoms with van der Waals surface area (Å²) in [5, 5.41) is 0. The van der Waals surface area contributed by atoms with Gasteiger partial charge in [0.25, 0.3) is 0 Å². The van der Waals surface area contributed by atoms with Gasteiger partial charge in [-0.05, 0) is 38.5 Å². The van der Waals surface area contributed by atoms with Crippen molar-refractivity contribution in [3.63, 3.8) is 0 Å². The molecular weight excluding hydrogens is 304 g/mol. The molecule has 0 radical (unpaired) electrons.